The third-order valence-electron chi connectivity index (χ3n) is 2.79. The van der Waals surface area contributed by atoms with Gasteiger partial charge < -0.3 is 10.1 Å². The molecule has 0 saturated heterocycles. The van der Waals surface area contributed by atoms with Crippen LogP contribution < -0.4 is 10.1 Å². The van der Waals surface area contributed by atoms with Crippen LogP contribution in [0.4, 0.5) is 0 Å². The molecule has 2 aromatic rings. The summed E-state index contributed by atoms with van der Waals surface area (Å²) in [5, 5.41) is 2.87. The first-order valence-corrected chi connectivity index (χ1v) is 6.60. The van der Waals surface area contributed by atoms with E-state index in [1.807, 2.05) is 49.4 Å². The lowest BCUT2D eigenvalue weighted by Gasteiger charge is -2.07. The van der Waals surface area contributed by atoms with Gasteiger partial charge in [0.15, 0.2) is 0 Å². The Kier molecular flexibility index (Phi) is 5.12. The molecule has 0 aliphatic carbocycles. The lowest BCUT2D eigenvalue weighted by molar-refractivity contribution is -0.121. The van der Waals surface area contributed by atoms with Crippen molar-refractivity contribution < 1.29 is 9.53 Å². The van der Waals surface area contributed by atoms with Gasteiger partial charge in [-0.15, -0.1) is 0 Å². The minimum absolute atomic E-state index is 0.0182. The highest BCUT2D eigenvalue weighted by molar-refractivity contribution is 5.75. The minimum Gasteiger partial charge on any atom is -0.493 e. The van der Waals surface area contributed by atoms with Crippen molar-refractivity contribution in [3.05, 3.63) is 59.9 Å². The van der Waals surface area contributed by atoms with Gasteiger partial charge in [-0.05, 0) is 36.8 Å². The van der Waals surface area contributed by atoms with Gasteiger partial charge in [0.25, 0.3) is 0 Å². The molecule has 4 nitrogen and oxygen atoms in total. The van der Waals surface area contributed by atoms with Crippen molar-refractivity contribution in [3.8, 4) is 5.75 Å². The van der Waals surface area contributed by atoms with Crippen molar-refractivity contribution in [3.63, 3.8) is 0 Å². The van der Waals surface area contributed by atoms with Crippen molar-refractivity contribution in [2.45, 2.75) is 19.9 Å². The molecular formula is C16H18N2O2. The number of ether oxygens (including phenoxy) is 1. The van der Waals surface area contributed by atoms with Crippen LogP contribution in [-0.4, -0.2) is 17.5 Å². The van der Waals surface area contributed by atoms with Gasteiger partial charge in [0.1, 0.15) is 5.75 Å². The molecule has 1 N–H and O–H groups in total. The number of aromatic nitrogens is 1. The Balaban J connectivity index is 1.68. The summed E-state index contributed by atoms with van der Waals surface area (Å²) < 4.78 is 5.48. The molecular weight excluding hydrogens is 252 g/mol. The van der Waals surface area contributed by atoms with E-state index in [0.717, 1.165) is 17.0 Å². The fourth-order valence-corrected chi connectivity index (χ4v) is 1.78. The molecule has 4 heteroatoms. The SMILES string of the molecule is Cc1cc(CNC(=O)CCOc2ccccc2)ccn1. The maximum absolute atomic E-state index is 11.7. The molecule has 1 aromatic heterocycles. The third kappa shape index (κ3) is 4.72. The molecule has 0 spiro atoms. The van der Waals surface area contributed by atoms with Crippen LogP contribution in [0.3, 0.4) is 0 Å². The molecule has 0 aliphatic heterocycles. The smallest absolute Gasteiger partial charge is 0.223 e. The van der Waals surface area contributed by atoms with E-state index in [1.54, 1.807) is 6.20 Å². The number of hydrogen-bond donors (Lipinski definition) is 1. The average Bonchev–Trinajstić information content (AvgIpc) is 2.46. The summed E-state index contributed by atoms with van der Waals surface area (Å²) in [6.07, 6.45) is 2.09. The highest BCUT2D eigenvalue weighted by atomic mass is 16.5. The molecule has 0 radical (unpaired) electrons. The fraction of sp³-hybridized carbons (Fsp3) is 0.250. The normalized spacial score (nSPS) is 10.1. The highest BCUT2D eigenvalue weighted by Crippen LogP contribution is 2.08. The van der Waals surface area contributed by atoms with Gasteiger partial charge in [-0.25, -0.2) is 0 Å². The predicted octanol–water partition coefficient (Wildman–Crippen LogP) is 2.48. The van der Waals surface area contributed by atoms with Crippen LogP contribution in [0.25, 0.3) is 0 Å². The van der Waals surface area contributed by atoms with E-state index in [4.69, 9.17) is 4.74 Å². The Labute approximate surface area is 118 Å². The van der Waals surface area contributed by atoms with Gasteiger partial charge in [0.2, 0.25) is 5.91 Å². The first-order valence-electron chi connectivity index (χ1n) is 6.60. The number of rotatable bonds is 6. The van der Waals surface area contributed by atoms with Crippen LogP contribution >= 0.6 is 0 Å². The summed E-state index contributed by atoms with van der Waals surface area (Å²) in [6, 6.07) is 13.3. The molecule has 2 rings (SSSR count). The molecule has 0 unspecified atom stereocenters. The van der Waals surface area contributed by atoms with E-state index in [1.165, 1.54) is 0 Å². The van der Waals surface area contributed by atoms with E-state index in [2.05, 4.69) is 10.3 Å². The molecule has 20 heavy (non-hydrogen) atoms. The first-order chi connectivity index (χ1) is 9.74. The number of carbonyl (C=O) groups is 1. The van der Waals surface area contributed by atoms with Crippen molar-refractivity contribution in [1.82, 2.24) is 10.3 Å². The van der Waals surface area contributed by atoms with Gasteiger partial charge in [-0.2, -0.15) is 0 Å². The van der Waals surface area contributed by atoms with E-state index in [9.17, 15) is 4.79 Å². The Morgan fingerprint density at radius 1 is 1.25 bits per heavy atom. The molecule has 1 heterocycles. The van der Waals surface area contributed by atoms with Crippen LogP contribution in [-0.2, 0) is 11.3 Å². The lowest BCUT2D eigenvalue weighted by atomic mass is 10.2. The Morgan fingerprint density at radius 3 is 2.80 bits per heavy atom. The van der Waals surface area contributed by atoms with Gasteiger partial charge in [-0.1, -0.05) is 18.2 Å². The second kappa shape index (κ2) is 7.28. The summed E-state index contributed by atoms with van der Waals surface area (Å²) in [5.41, 5.74) is 2.00. The van der Waals surface area contributed by atoms with Crippen molar-refractivity contribution in [2.75, 3.05) is 6.61 Å². The average molecular weight is 270 g/mol. The largest absolute Gasteiger partial charge is 0.493 e. The number of aryl methyl sites for hydroxylation is 1. The number of amides is 1. The molecule has 1 amide bonds. The van der Waals surface area contributed by atoms with Gasteiger partial charge >= 0.3 is 0 Å². The van der Waals surface area contributed by atoms with E-state index < -0.39 is 0 Å². The summed E-state index contributed by atoms with van der Waals surface area (Å²) >= 11 is 0. The standard InChI is InChI=1S/C16H18N2O2/c1-13-11-14(7-9-17-13)12-18-16(19)8-10-20-15-5-3-2-4-6-15/h2-7,9,11H,8,10,12H2,1H3,(H,18,19). The van der Waals surface area contributed by atoms with Gasteiger partial charge in [0, 0.05) is 18.4 Å². The van der Waals surface area contributed by atoms with Crippen LogP contribution in [0.1, 0.15) is 17.7 Å². The molecule has 0 fully saturated rings. The van der Waals surface area contributed by atoms with E-state index >= 15 is 0 Å². The van der Waals surface area contributed by atoms with Crippen molar-refractivity contribution in [1.29, 1.82) is 0 Å². The van der Waals surface area contributed by atoms with Crippen LogP contribution in [0.2, 0.25) is 0 Å². The van der Waals surface area contributed by atoms with Gasteiger partial charge in [0.05, 0.1) is 13.0 Å². The summed E-state index contributed by atoms with van der Waals surface area (Å²) in [6.45, 7) is 2.83. The number of nitrogens with zero attached hydrogens (tertiary/aromatic N) is 1. The monoisotopic (exact) mass is 270 g/mol. The number of hydrogen-bond acceptors (Lipinski definition) is 3. The van der Waals surface area contributed by atoms with Crippen molar-refractivity contribution >= 4 is 5.91 Å². The van der Waals surface area contributed by atoms with Crippen LogP contribution in [0.5, 0.6) is 5.75 Å². The second-order valence-electron chi connectivity index (χ2n) is 4.49. The molecule has 104 valence electrons. The van der Waals surface area contributed by atoms with Crippen molar-refractivity contribution in [2.24, 2.45) is 0 Å². The minimum atomic E-state index is -0.0182. The van der Waals surface area contributed by atoms with E-state index in [-0.39, 0.29) is 5.91 Å². The van der Waals surface area contributed by atoms with Gasteiger partial charge in [-0.3, -0.25) is 9.78 Å². The number of nitrogens with one attached hydrogen (secondary N) is 1. The Morgan fingerprint density at radius 2 is 2.05 bits per heavy atom. The van der Waals surface area contributed by atoms with Crippen LogP contribution in [0.15, 0.2) is 48.7 Å². The maximum Gasteiger partial charge on any atom is 0.223 e. The molecule has 0 atom stereocenters. The second-order valence-corrected chi connectivity index (χ2v) is 4.49. The molecule has 0 saturated carbocycles. The molecule has 0 aliphatic rings. The third-order valence-corrected chi connectivity index (χ3v) is 2.79. The Hall–Kier alpha value is -2.36. The topological polar surface area (TPSA) is 51.2 Å². The number of carbonyl (C=O) groups excluding carboxylic acids is 1. The zero-order chi connectivity index (χ0) is 14.2. The molecule has 1 aromatic carbocycles. The number of pyridine rings is 1. The first kappa shape index (κ1) is 14.1. The zero-order valence-corrected chi connectivity index (χ0v) is 11.5. The number of benzene rings is 1. The maximum atomic E-state index is 11.7. The fourth-order valence-electron chi connectivity index (χ4n) is 1.78. The molecule has 0 bridgehead atoms. The van der Waals surface area contributed by atoms with Crippen LogP contribution in [0, 0.1) is 6.92 Å². The zero-order valence-electron chi connectivity index (χ0n) is 11.5. The quantitative estimate of drug-likeness (QED) is 0.877. The summed E-state index contributed by atoms with van der Waals surface area (Å²) in [5.74, 6) is 0.764. The highest BCUT2D eigenvalue weighted by Gasteiger charge is 2.02. The summed E-state index contributed by atoms with van der Waals surface area (Å²) in [7, 11) is 0. The number of para-hydroxylation sites is 1. The lowest BCUT2D eigenvalue weighted by Crippen LogP contribution is -2.24. The predicted molar refractivity (Wildman–Crippen MR) is 77.4 cm³/mol. The van der Waals surface area contributed by atoms with E-state index in [0.29, 0.717) is 19.6 Å². The summed E-state index contributed by atoms with van der Waals surface area (Å²) in [4.78, 5) is 15.8. The Bertz CT molecular complexity index is 555.